The van der Waals surface area contributed by atoms with Crippen LogP contribution in [-0.2, 0) is 0 Å². The van der Waals surface area contributed by atoms with Crippen molar-refractivity contribution in [1.82, 2.24) is 0 Å². The zero-order valence-corrected chi connectivity index (χ0v) is 6.09. The van der Waals surface area contributed by atoms with E-state index in [1.807, 2.05) is 12.1 Å². The molecule has 0 spiro atoms. The number of nitrogens with zero attached hydrogens (tertiary/aromatic N) is 2. The van der Waals surface area contributed by atoms with Crippen molar-refractivity contribution in [1.29, 1.82) is 10.5 Å². The largest absolute Gasteiger partial charge is 0.192 e. The highest BCUT2D eigenvalue weighted by Gasteiger charge is 2.05. The lowest BCUT2D eigenvalue weighted by Gasteiger charge is -2.04. The minimum Gasteiger partial charge on any atom is -0.192 e. The fourth-order valence-electron chi connectivity index (χ4n) is 1.01. The average Bonchev–Trinajstić information content (AvgIpc) is 2.09. The van der Waals surface area contributed by atoms with Gasteiger partial charge in [-0.1, -0.05) is 6.08 Å². The van der Waals surface area contributed by atoms with Crippen LogP contribution in [0.4, 0.5) is 0 Å². The predicted molar refractivity (Wildman–Crippen MR) is 39.9 cm³/mol. The molecule has 2 nitrogen and oxygen atoms in total. The number of nitriles is 2. The maximum absolute atomic E-state index is 8.50. The summed E-state index contributed by atoms with van der Waals surface area (Å²) in [6, 6.07) is 3.74. The van der Waals surface area contributed by atoms with E-state index in [1.54, 1.807) is 6.08 Å². The van der Waals surface area contributed by atoms with Crippen molar-refractivity contribution in [3.8, 4) is 12.1 Å². The van der Waals surface area contributed by atoms with Gasteiger partial charge in [0.15, 0.2) is 0 Å². The second-order valence-corrected chi connectivity index (χ2v) is 2.33. The number of rotatable bonds is 0. The van der Waals surface area contributed by atoms with E-state index >= 15 is 0 Å². The average molecular weight is 143 g/mol. The van der Waals surface area contributed by atoms with E-state index in [4.69, 9.17) is 10.5 Å². The van der Waals surface area contributed by atoms with Crippen molar-refractivity contribution in [3.05, 3.63) is 23.3 Å². The van der Waals surface area contributed by atoms with Gasteiger partial charge in [0.1, 0.15) is 17.7 Å². The number of hydrogen-bond acceptors (Lipinski definition) is 2. The summed E-state index contributed by atoms with van der Waals surface area (Å²) < 4.78 is 0. The van der Waals surface area contributed by atoms with Gasteiger partial charge in [-0.05, 0) is 30.9 Å². The van der Waals surface area contributed by atoms with Gasteiger partial charge < -0.3 is 0 Å². The second-order valence-electron chi connectivity index (χ2n) is 2.33. The lowest BCUT2D eigenvalue weighted by Crippen LogP contribution is -1.90. The quantitative estimate of drug-likeness (QED) is 0.486. The maximum atomic E-state index is 8.50. The summed E-state index contributed by atoms with van der Waals surface area (Å²) in [4.78, 5) is 0. The Morgan fingerprint density at radius 3 is 2.64 bits per heavy atom. The van der Waals surface area contributed by atoms with Gasteiger partial charge in [0.25, 0.3) is 0 Å². The van der Waals surface area contributed by atoms with Gasteiger partial charge in [0, 0.05) is 0 Å². The fraction of sp³-hybridized carbons (Fsp3) is 0.333. The lowest BCUT2D eigenvalue weighted by atomic mass is 9.98. The molecule has 0 bridgehead atoms. The highest BCUT2D eigenvalue weighted by Crippen LogP contribution is 2.18. The smallest absolute Gasteiger partial charge is 0.132 e. The van der Waals surface area contributed by atoms with Gasteiger partial charge >= 0.3 is 0 Å². The van der Waals surface area contributed by atoms with Crippen LogP contribution in [0.5, 0.6) is 0 Å². The Kier molecular flexibility index (Phi) is 2.47. The first kappa shape index (κ1) is 7.57. The molecular weight excluding hydrogens is 136 g/mol. The van der Waals surface area contributed by atoms with E-state index in [1.165, 1.54) is 0 Å². The molecule has 0 N–H and O–H groups in total. The van der Waals surface area contributed by atoms with Crippen LogP contribution in [-0.4, -0.2) is 0 Å². The normalized spacial score (nSPS) is 15.3. The van der Waals surface area contributed by atoms with Crippen molar-refractivity contribution in [3.63, 3.8) is 0 Å². The molecule has 53 valence electrons. The standard InChI is InChI=1S/C9H7N2/c10-6-9(7-11)8-4-2-1-3-5-8/h5H,1-2,4H2. The van der Waals surface area contributed by atoms with Gasteiger partial charge in [0.05, 0.1) is 0 Å². The van der Waals surface area contributed by atoms with Gasteiger partial charge in [-0.3, -0.25) is 0 Å². The molecule has 0 fully saturated rings. The predicted octanol–water partition coefficient (Wildman–Crippen LogP) is 1.87. The SMILES string of the molecule is N#CC(C#N)=C1C=[C]CCC1. The Morgan fingerprint density at radius 2 is 2.18 bits per heavy atom. The van der Waals surface area contributed by atoms with Crippen molar-refractivity contribution in [2.75, 3.05) is 0 Å². The summed E-state index contributed by atoms with van der Waals surface area (Å²) in [7, 11) is 0. The Labute approximate surface area is 66.1 Å². The highest BCUT2D eigenvalue weighted by molar-refractivity contribution is 5.44. The van der Waals surface area contributed by atoms with Crippen LogP contribution < -0.4 is 0 Å². The molecule has 1 radical (unpaired) electrons. The summed E-state index contributed by atoms with van der Waals surface area (Å²) >= 11 is 0. The summed E-state index contributed by atoms with van der Waals surface area (Å²) in [5.74, 6) is 0. The number of allylic oxidation sites excluding steroid dienone is 4. The van der Waals surface area contributed by atoms with Gasteiger partial charge in [-0.15, -0.1) is 0 Å². The van der Waals surface area contributed by atoms with Gasteiger partial charge in [-0.25, -0.2) is 0 Å². The first-order chi connectivity index (χ1) is 5.38. The van der Waals surface area contributed by atoms with Crippen LogP contribution >= 0.6 is 0 Å². The van der Waals surface area contributed by atoms with Crippen molar-refractivity contribution < 1.29 is 0 Å². The Bertz CT molecular complexity index is 268. The minimum absolute atomic E-state index is 0.234. The van der Waals surface area contributed by atoms with Gasteiger partial charge in [-0.2, -0.15) is 10.5 Å². The molecule has 0 aromatic heterocycles. The fourth-order valence-corrected chi connectivity index (χ4v) is 1.01. The molecule has 0 saturated carbocycles. The second kappa shape index (κ2) is 3.58. The van der Waals surface area contributed by atoms with Crippen LogP contribution in [0.2, 0.25) is 0 Å². The molecule has 1 aliphatic rings. The molecule has 0 amide bonds. The van der Waals surface area contributed by atoms with Crippen molar-refractivity contribution >= 4 is 0 Å². The zero-order chi connectivity index (χ0) is 8.10. The molecule has 0 atom stereocenters. The third-order valence-corrected chi connectivity index (χ3v) is 1.59. The molecule has 2 heteroatoms. The van der Waals surface area contributed by atoms with E-state index in [0.29, 0.717) is 0 Å². The Morgan fingerprint density at radius 1 is 1.45 bits per heavy atom. The Balaban J connectivity index is 2.96. The van der Waals surface area contributed by atoms with E-state index < -0.39 is 0 Å². The molecule has 1 rings (SSSR count). The molecule has 0 saturated heterocycles. The summed E-state index contributed by atoms with van der Waals surface area (Å²) in [5, 5.41) is 17.0. The lowest BCUT2D eigenvalue weighted by molar-refractivity contribution is 0.803. The third kappa shape index (κ3) is 1.69. The Hall–Kier alpha value is -1.54. The molecule has 0 aromatic rings. The highest BCUT2D eigenvalue weighted by atomic mass is 14.3. The molecule has 0 unspecified atom stereocenters. The van der Waals surface area contributed by atoms with Crippen LogP contribution in [0, 0.1) is 28.7 Å². The molecule has 0 heterocycles. The first-order valence-electron chi connectivity index (χ1n) is 3.48. The molecule has 0 aromatic carbocycles. The van der Waals surface area contributed by atoms with Crippen molar-refractivity contribution in [2.45, 2.75) is 19.3 Å². The number of hydrogen-bond donors (Lipinski definition) is 0. The monoisotopic (exact) mass is 143 g/mol. The maximum Gasteiger partial charge on any atom is 0.132 e. The van der Waals surface area contributed by atoms with Crippen LogP contribution in [0.15, 0.2) is 17.2 Å². The molecule has 0 aliphatic heterocycles. The summed E-state index contributed by atoms with van der Waals surface area (Å²) in [6.45, 7) is 0. The topological polar surface area (TPSA) is 47.6 Å². The minimum atomic E-state index is 0.234. The van der Waals surface area contributed by atoms with E-state index in [0.717, 1.165) is 24.8 Å². The van der Waals surface area contributed by atoms with Crippen molar-refractivity contribution in [2.24, 2.45) is 0 Å². The molecular formula is C9H7N2. The third-order valence-electron chi connectivity index (χ3n) is 1.59. The molecule has 1 aliphatic carbocycles. The van der Waals surface area contributed by atoms with Crippen LogP contribution in [0.25, 0.3) is 0 Å². The summed E-state index contributed by atoms with van der Waals surface area (Å²) in [6.07, 6.45) is 7.53. The van der Waals surface area contributed by atoms with E-state index in [9.17, 15) is 0 Å². The van der Waals surface area contributed by atoms with Crippen LogP contribution in [0.3, 0.4) is 0 Å². The van der Waals surface area contributed by atoms with E-state index in [-0.39, 0.29) is 5.57 Å². The van der Waals surface area contributed by atoms with Crippen LogP contribution in [0.1, 0.15) is 19.3 Å². The zero-order valence-electron chi connectivity index (χ0n) is 6.09. The summed E-state index contributed by atoms with van der Waals surface area (Å²) in [5.41, 5.74) is 1.07. The first-order valence-corrected chi connectivity index (χ1v) is 3.48. The van der Waals surface area contributed by atoms with E-state index in [2.05, 4.69) is 6.08 Å². The molecule has 11 heavy (non-hydrogen) atoms. The van der Waals surface area contributed by atoms with Gasteiger partial charge in [0.2, 0.25) is 0 Å².